The number of hydrogen-bond acceptors (Lipinski definition) is 9. The number of aliphatic hydroxyl groups is 1. The molecule has 12 nitrogen and oxygen atoms in total. The molecule has 32 heavy (non-hydrogen) atoms. The number of hydrogen-bond donors (Lipinski definition) is 7. The lowest BCUT2D eigenvalue weighted by Gasteiger charge is -2.24. The molecule has 0 rings (SSSR count). The van der Waals surface area contributed by atoms with E-state index in [1.54, 1.807) is 12.5 Å². The second kappa shape index (κ2) is 16.6. The van der Waals surface area contributed by atoms with Crippen molar-refractivity contribution in [3.8, 4) is 0 Å². The van der Waals surface area contributed by atoms with Gasteiger partial charge in [0.05, 0.1) is 12.6 Å². The summed E-state index contributed by atoms with van der Waals surface area (Å²) in [5, 5.41) is 34.5. The molecule has 4 unspecified atom stereocenters. The Morgan fingerprint density at radius 1 is 0.781 bits per heavy atom. The molecule has 14 heteroatoms. The Labute approximate surface area is 194 Å². The molecule has 0 saturated heterocycles. The fourth-order valence-electron chi connectivity index (χ4n) is 2.43. The number of aliphatic carboxylic acids is 2. The van der Waals surface area contributed by atoms with Crippen LogP contribution < -0.4 is 21.7 Å². The Hall–Kier alpha value is -2.03. The van der Waals surface area contributed by atoms with E-state index in [-0.39, 0.29) is 25.7 Å². The fraction of sp³-hybridized carbons (Fsp3) is 0.722. The van der Waals surface area contributed by atoms with Crippen LogP contribution in [0.15, 0.2) is 0 Å². The summed E-state index contributed by atoms with van der Waals surface area (Å²) in [7, 11) is 0. The summed E-state index contributed by atoms with van der Waals surface area (Å²) in [6.07, 6.45) is 3.49. The summed E-state index contributed by atoms with van der Waals surface area (Å²) in [6.45, 7) is -0.786. The van der Waals surface area contributed by atoms with Crippen molar-refractivity contribution in [2.75, 3.05) is 30.6 Å². The van der Waals surface area contributed by atoms with Crippen LogP contribution in [-0.4, -0.2) is 99.8 Å². The van der Waals surface area contributed by atoms with Gasteiger partial charge in [-0.25, -0.2) is 4.79 Å². The smallest absolute Gasteiger partial charge is 0.326 e. The molecule has 0 aromatic heterocycles. The lowest BCUT2D eigenvalue weighted by molar-refractivity contribution is -0.142. The van der Waals surface area contributed by atoms with Crippen LogP contribution in [0, 0.1) is 0 Å². The molecule has 3 amide bonds. The van der Waals surface area contributed by atoms with E-state index in [1.165, 1.54) is 23.5 Å². The van der Waals surface area contributed by atoms with E-state index < -0.39 is 60.4 Å². The van der Waals surface area contributed by atoms with Gasteiger partial charge in [0.15, 0.2) is 0 Å². The third-order valence-electron chi connectivity index (χ3n) is 4.29. The van der Waals surface area contributed by atoms with E-state index >= 15 is 0 Å². The van der Waals surface area contributed by atoms with Gasteiger partial charge < -0.3 is 37.0 Å². The van der Waals surface area contributed by atoms with Crippen LogP contribution in [0.4, 0.5) is 0 Å². The Morgan fingerprint density at radius 3 is 1.72 bits per heavy atom. The summed E-state index contributed by atoms with van der Waals surface area (Å²) in [5.41, 5.74) is 5.59. The standard InChI is InChI=1S/C18H32N4O8S2/c1-31-7-5-11(16(27)21-12(18(29)30)6-8-32-2)20-17(28)13(9-23)22-15(26)10(19)3-4-14(24)25/h10-13,23H,3-9,19H2,1-2H3,(H,20,28)(H,21,27)(H,22,26)(H,24,25)(H,29,30). The molecule has 0 aliphatic heterocycles. The maximum absolute atomic E-state index is 12.6. The fourth-order valence-corrected chi connectivity index (χ4v) is 3.37. The monoisotopic (exact) mass is 496 g/mol. The van der Waals surface area contributed by atoms with Gasteiger partial charge in [0.1, 0.15) is 18.1 Å². The average Bonchev–Trinajstić information content (AvgIpc) is 2.74. The maximum Gasteiger partial charge on any atom is 0.326 e. The van der Waals surface area contributed by atoms with Crippen LogP contribution >= 0.6 is 23.5 Å². The molecular formula is C18H32N4O8S2. The quantitative estimate of drug-likeness (QED) is 0.120. The molecule has 0 aromatic carbocycles. The number of amides is 3. The normalized spacial score (nSPS) is 14.5. The first-order valence-electron chi connectivity index (χ1n) is 9.77. The molecule has 0 aromatic rings. The molecule has 0 bridgehead atoms. The van der Waals surface area contributed by atoms with Crippen LogP contribution in [0.3, 0.4) is 0 Å². The number of carboxylic acid groups (broad SMARTS) is 2. The predicted octanol–water partition coefficient (Wildman–Crippen LogP) is -1.78. The Kier molecular flexibility index (Phi) is 15.5. The van der Waals surface area contributed by atoms with Crippen molar-refractivity contribution >= 4 is 53.2 Å². The van der Waals surface area contributed by atoms with Crippen LogP contribution in [0.25, 0.3) is 0 Å². The van der Waals surface area contributed by atoms with Gasteiger partial charge in [-0.2, -0.15) is 23.5 Å². The van der Waals surface area contributed by atoms with Gasteiger partial charge >= 0.3 is 11.9 Å². The van der Waals surface area contributed by atoms with E-state index in [2.05, 4.69) is 16.0 Å². The van der Waals surface area contributed by atoms with Gasteiger partial charge in [-0.1, -0.05) is 0 Å². The minimum Gasteiger partial charge on any atom is -0.481 e. The molecule has 0 radical (unpaired) electrons. The molecular weight excluding hydrogens is 464 g/mol. The van der Waals surface area contributed by atoms with Gasteiger partial charge in [0.2, 0.25) is 17.7 Å². The predicted molar refractivity (Wildman–Crippen MR) is 121 cm³/mol. The van der Waals surface area contributed by atoms with Crippen LogP contribution in [0.2, 0.25) is 0 Å². The van der Waals surface area contributed by atoms with E-state index in [1.807, 2.05) is 0 Å². The van der Waals surface area contributed by atoms with Gasteiger partial charge in [0, 0.05) is 6.42 Å². The number of carboxylic acids is 2. The summed E-state index contributed by atoms with van der Waals surface area (Å²) < 4.78 is 0. The van der Waals surface area contributed by atoms with Gasteiger partial charge in [0.25, 0.3) is 0 Å². The van der Waals surface area contributed by atoms with Crippen LogP contribution in [0.1, 0.15) is 25.7 Å². The lowest BCUT2D eigenvalue weighted by Crippen LogP contribution is -2.58. The number of carbonyl (C=O) groups is 5. The minimum atomic E-state index is -1.42. The van der Waals surface area contributed by atoms with E-state index in [0.717, 1.165) is 0 Å². The first-order valence-corrected chi connectivity index (χ1v) is 12.6. The third-order valence-corrected chi connectivity index (χ3v) is 5.58. The third kappa shape index (κ3) is 12.1. The molecule has 0 aliphatic carbocycles. The molecule has 184 valence electrons. The Balaban J connectivity index is 5.14. The SMILES string of the molecule is CSCCC(NC(=O)C(CCSC)NC(=O)C(CO)NC(=O)C(N)CCC(=O)O)C(=O)O. The summed E-state index contributed by atoms with van der Waals surface area (Å²) in [6, 6.07) is -4.83. The Bertz CT molecular complexity index is 652. The summed E-state index contributed by atoms with van der Waals surface area (Å²) in [4.78, 5) is 59.2. The highest BCUT2D eigenvalue weighted by molar-refractivity contribution is 7.98. The molecule has 0 heterocycles. The number of carbonyl (C=O) groups excluding carboxylic acids is 3. The van der Waals surface area contributed by atoms with E-state index in [9.17, 15) is 34.2 Å². The molecule has 0 spiro atoms. The molecule has 4 atom stereocenters. The van der Waals surface area contributed by atoms with Gasteiger partial charge in [-0.15, -0.1) is 0 Å². The number of nitrogens with two attached hydrogens (primary N) is 1. The topological polar surface area (TPSA) is 208 Å². The van der Waals surface area contributed by atoms with Crippen molar-refractivity contribution in [1.29, 1.82) is 0 Å². The highest BCUT2D eigenvalue weighted by Gasteiger charge is 2.29. The summed E-state index contributed by atoms with van der Waals surface area (Å²) >= 11 is 2.84. The molecule has 0 saturated carbocycles. The number of thioether (sulfide) groups is 2. The largest absolute Gasteiger partial charge is 0.481 e. The zero-order chi connectivity index (χ0) is 24.7. The van der Waals surface area contributed by atoms with Crippen LogP contribution in [0.5, 0.6) is 0 Å². The van der Waals surface area contributed by atoms with Crippen molar-refractivity contribution < 1.29 is 39.3 Å². The number of aliphatic hydroxyl groups excluding tert-OH is 1. The first-order chi connectivity index (χ1) is 15.1. The molecule has 0 fully saturated rings. The maximum atomic E-state index is 12.6. The number of nitrogens with one attached hydrogen (secondary N) is 3. The van der Waals surface area contributed by atoms with Crippen molar-refractivity contribution in [3.05, 3.63) is 0 Å². The second-order valence-electron chi connectivity index (χ2n) is 6.81. The highest BCUT2D eigenvalue weighted by Crippen LogP contribution is 2.06. The number of rotatable bonds is 17. The zero-order valence-corrected chi connectivity index (χ0v) is 19.7. The van der Waals surface area contributed by atoms with Crippen molar-refractivity contribution in [2.24, 2.45) is 5.73 Å². The molecule has 8 N–H and O–H groups in total. The second-order valence-corrected chi connectivity index (χ2v) is 8.78. The van der Waals surface area contributed by atoms with Gasteiger partial charge in [-0.05, 0) is 43.3 Å². The average molecular weight is 497 g/mol. The highest BCUT2D eigenvalue weighted by atomic mass is 32.2. The Morgan fingerprint density at radius 2 is 1.25 bits per heavy atom. The van der Waals surface area contributed by atoms with E-state index in [4.69, 9.17) is 10.8 Å². The van der Waals surface area contributed by atoms with Crippen LogP contribution in [-0.2, 0) is 24.0 Å². The molecule has 0 aliphatic rings. The van der Waals surface area contributed by atoms with Gasteiger partial charge in [-0.3, -0.25) is 19.2 Å². The van der Waals surface area contributed by atoms with E-state index in [0.29, 0.717) is 11.5 Å². The first kappa shape index (κ1) is 30.0. The lowest BCUT2D eigenvalue weighted by atomic mass is 10.1. The van der Waals surface area contributed by atoms with Crippen molar-refractivity contribution in [2.45, 2.75) is 49.9 Å². The minimum absolute atomic E-state index is 0.160. The zero-order valence-electron chi connectivity index (χ0n) is 18.0. The summed E-state index contributed by atoms with van der Waals surface area (Å²) in [5.74, 6) is -3.71. The van der Waals surface area contributed by atoms with Crippen molar-refractivity contribution in [1.82, 2.24) is 16.0 Å². The van der Waals surface area contributed by atoms with Crippen molar-refractivity contribution in [3.63, 3.8) is 0 Å².